The van der Waals surface area contributed by atoms with Crippen molar-refractivity contribution in [2.45, 2.75) is 19.4 Å². The van der Waals surface area contributed by atoms with Crippen LogP contribution in [0.3, 0.4) is 0 Å². The van der Waals surface area contributed by atoms with E-state index in [1.54, 1.807) is 7.11 Å². The van der Waals surface area contributed by atoms with E-state index >= 15 is 0 Å². The Morgan fingerprint density at radius 1 is 1.62 bits per heavy atom. The highest BCUT2D eigenvalue weighted by Gasteiger charge is 2.06. The number of hydrogen-bond acceptors (Lipinski definition) is 3. The maximum absolute atomic E-state index is 6.00. The third kappa shape index (κ3) is 3.87. The highest BCUT2D eigenvalue weighted by atomic mass is 35.5. The van der Waals surface area contributed by atoms with Gasteiger partial charge in [-0.2, -0.15) is 0 Å². The smallest absolute Gasteiger partial charge is 0.137 e. The molecule has 0 amide bonds. The van der Waals surface area contributed by atoms with E-state index in [4.69, 9.17) is 34.3 Å². The first-order valence-electron chi connectivity index (χ1n) is 4.91. The molecule has 3 nitrogen and oxygen atoms in total. The minimum Gasteiger partial charge on any atom is -0.495 e. The lowest BCUT2D eigenvalue weighted by Crippen LogP contribution is -2.22. The Labute approximate surface area is 106 Å². The summed E-state index contributed by atoms with van der Waals surface area (Å²) in [6, 6.07) is 5.72. The second kappa shape index (κ2) is 5.92. The number of nitrogens with one attached hydrogen (secondary N) is 1. The van der Waals surface area contributed by atoms with Crippen LogP contribution in [0, 0.1) is 0 Å². The van der Waals surface area contributed by atoms with Crippen LogP contribution in [0.4, 0.5) is 5.69 Å². The molecule has 5 heteroatoms. The molecule has 0 radical (unpaired) electrons. The summed E-state index contributed by atoms with van der Waals surface area (Å²) in [7, 11) is 1.59. The number of hydrogen-bond donors (Lipinski definition) is 2. The Bertz CT molecular complexity index is 384. The Kier molecular flexibility index (Phi) is 4.83. The van der Waals surface area contributed by atoms with Crippen molar-refractivity contribution in [1.82, 2.24) is 0 Å². The van der Waals surface area contributed by atoms with Gasteiger partial charge in [0.05, 0.1) is 17.1 Å². The van der Waals surface area contributed by atoms with E-state index in [1.165, 1.54) is 0 Å². The first-order chi connectivity index (χ1) is 7.52. The van der Waals surface area contributed by atoms with Crippen LogP contribution in [0.15, 0.2) is 18.2 Å². The van der Waals surface area contributed by atoms with Crippen LogP contribution < -0.4 is 15.8 Å². The van der Waals surface area contributed by atoms with E-state index in [9.17, 15) is 0 Å². The van der Waals surface area contributed by atoms with E-state index in [0.717, 1.165) is 5.69 Å². The van der Waals surface area contributed by atoms with Gasteiger partial charge in [-0.25, -0.2) is 0 Å². The molecule has 0 aliphatic rings. The van der Waals surface area contributed by atoms with Crippen molar-refractivity contribution in [2.75, 3.05) is 12.4 Å². The summed E-state index contributed by atoms with van der Waals surface area (Å²) in [5, 5.41) is 3.84. The lowest BCUT2D eigenvalue weighted by molar-refractivity contribution is 0.415. The average molecular weight is 259 g/mol. The lowest BCUT2D eigenvalue weighted by atomic mass is 10.2. The quantitative estimate of drug-likeness (QED) is 0.798. The van der Waals surface area contributed by atoms with Crippen LogP contribution in [-0.4, -0.2) is 18.1 Å². The number of anilines is 1. The minimum absolute atomic E-state index is 0.182. The number of nitrogens with two attached hydrogens (primary N) is 1. The van der Waals surface area contributed by atoms with Gasteiger partial charge >= 0.3 is 0 Å². The normalized spacial score (nSPS) is 11.9. The lowest BCUT2D eigenvalue weighted by Gasteiger charge is -2.15. The molecular formula is C11H15ClN2OS. The zero-order valence-corrected chi connectivity index (χ0v) is 10.9. The van der Waals surface area contributed by atoms with Gasteiger partial charge in [-0.15, -0.1) is 0 Å². The van der Waals surface area contributed by atoms with Crippen LogP contribution in [-0.2, 0) is 0 Å². The number of thiocarbonyl (C=S) groups is 1. The number of benzene rings is 1. The number of methoxy groups -OCH3 is 1. The number of ether oxygens (including phenoxy) is 1. The van der Waals surface area contributed by atoms with Crippen molar-refractivity contribution < 1.29 is 4.74 Å². The third-order valence-electron chi connectivity index (χ3n) is 2.07. The molecule has 1 rings (SSSR count). The zero-order chi connectivity index (χ0) is 12.1. The van der Waals surface area contributed by atoms with Crippen molar-refractivity contribution in [3.63, 3.8) is 0 Å². The second-order valence-electron chi connectivity index (χ2n) is 3.57. The van der Waals surface area contributed by atoms with Crippen molar-refractivity contribution in [2.24, 2.45) is 5.73 Å². The van der Waals surface area contributed by atoms with Crippen molar-refractivity contribution in [3.05, 3.63) is 23.2 Å². The highest BCUT2D eigenvalue weighted by molar-refractivity contribution is 7.80. The van der Waals surface area contributed by atoms with Crippen molar-refractivity contribution in [1.29, 1.82) is 0 Å². The maximum atomic E-state index is 6.00. The Morgan fingerprint density at radius 2 is 2.31 bits per heavy atom. The zero-order valence-electron chi connectivity index (χ0n) is 9.29. The van der Waals surface area contributed by atoms with Gasteiger partial charge in [-0.1, -0.05) is 23.8 Å². The number of rotatable bonds is 5. The first kappa shape index (κ1) is 13.1. The molecular weight excluding hydrogens is 244 g/mol. The van der Waals surface area contributed by atoms with Gasteiger partial charge in [-0.05, 0) is 25.1 Å². The average Bonchev–Trinajstić information content (AvgIpc) is 2.16. The summed E-state index contributed by atoms with van der Waals surface area (Å²) in [5.74, 6) is 0.661. The molecule has 88 valence electrons. The predicted octanol–water partition coefficient (Wildman–Crippen LogP) is 2.83. The molecule has 3 N–H and O–H groups in total. The summed E-state index contributed by atoms with van der Waals surface area (Å²) in [4.78, 5) is 0.500. The van der Waals surface area contributed by atoms with Crippen molar-refractivity contribution >= 4 is 34.5 Å². The fourth-order valence-electron chi connectivity index (χ4n) is 1.39. The molecule has 1 unspecified atom stereocenters. The fourth-order valence-corrected chi connectivity index (χ4v) is 1.90. The summed E-state index contributed by atoms with van der Waals surface area (Å²) >= 11 is 10.8. The Balaban J connectivity index is 2.67. The molecule has 1 atom stereocenters. The largest absolute Gasteiger partial charge is 0.495 e. The molecule has 0 aliphatic heterocycles. The van der Waals surface area contributed by atoms with Gasteiger partial charge in [0.15, 0.2) is 0 Å². The molecule has 16 heavy (non-hydrogen) atoms. The summed E-state index contributed by atoms with van der Waals surface area (Å²) in [6.45, 7) is 2.01. The molecule has 0 aliphatic carbocycles. The van der Waals surface area contributed by atoms with E-state index in [-0.39, 0.29) is 6.04 Å². The minimum atomic E-state index is 0.182. The van der Waals surface area contributed by atoms with Gasteiger partial charge in [0.25, 0.3) is 0 Å². The second-order valence-corrected chi connectivity index (χ2v) is 4.50. The summed E-state index contributed by atoms with van der Waals surface area (Å²) in [5.41, 5.74) is 6.39. The third-order valence-corrected chi connectivity index (χ3v) is 2.53. The van der Waals surface area contributed by atoms with Crippen molar-refractivity contribution in [3.8, 4) is 5.75 Å². The van der Waals surface area contributed by atoms with Crippen LogP contribution in [0.5, 0.6) is 5.75 Å². The van der Waals surface area contributed by atoms with E-state index in [1.807, 2.05) is 25.1 Å². The van der Waals surface area contributed by atoms with Crippen LogP contribution in [0.25, 0.3) is 0 Å². The molecule has 1 aromatic carbocycles. The molecule has 0 saturated carbocycles. The topological polar surface area (TPSA) is 47.3 Å². The SMILES string of the molecule is COc1ccc(NC(C)CC(N)=S)cc1Cl. The highest BCUT2D eigenvalue weighted by Crippen LogP contribution is 2.27. The maximum Gasteiger partial charge on any atom is 0.137 e. The summed E-state index contributed by atoms with van der Waals surface area (Å²) in [6.07, 6.45) is 0.652. The molecule has 0 fully saturated rings. The monoisotopic (exact) mass is 258 g/mol. The van der Waals surface area contributed by atoms with Crippen LogP contribution >= 0.6 is 23.8 Å². The predicted molar refractivity (Wildman–Crippen MR) is 72.5 cm³/mol. The van der Waals surface area contributed by atoms with E-state index in [2.05, 4.69) is 5.32 Å². The fraction of sp³-hybridized carbons (Fsp3) is 0.364. The van der Waals surface area contributed by atoms with Gasteiger partial charge in [0, 0.05) is 18.2 Å². The van der Waals surface area contributed by atoms with E-state index in [0.29, 0.717) is 22.2 Å². The molecule has 1 aromatic rings. The van der Waals surface area contributed by atoms with E-state index < -0.39 is 0 Å². The molecule has 0 saturated heterocycles. The molecule has 0 spiro atoms. The van der Waals surface area contributed by atoms with Gasteiger partial charge < -0.3 is 15.8 Å². The van der Waals surface area contributed by atoms with Crippen LogP contribution in [0.1, 0.15) is 13.3 Å². The standard InChI is InChI=1S/C11H15ClN2OS/c1-7(5-11(13)16)14-8-3-4-10(15-2)9(12)6-8/h3-4,6-7,14H,5H2,1-2H3,(H2,13,16). The molecule has 0 aromatic heterocycles. The summed E-state index contributed by atoms with van der Waals surface area (Å²) < 4.78 is 5.07. The first-order valence-corrected chi connectivity index (χ1v) is 5.70. The van der Waals surface area contributed by atoms with Gasteiger partial charge in [-0.3, -0.25) is 0 Å². The van der Waals surface area contributed by atoms with Gasteiger partial charge in [0.1, 0.15) is 5.75 Å². The number of halogens is 1. The molecule has 0 heterocycles. The van der Waals surface area contributed by atoms with Gasteiger partial charge in [0.2, 0.25) is 0 Å². The molecule has 0 bridgehead atoms. The van der Waals surface area contributed by atoms with Crippen LogP contribution in [0.2, 0.25) is 5.02 Å². The Hall–Kier alpha value is -1.00. The Morgan fingerprint density at radius 3 is 2.81 bits per heavy atom.